The van der Waals surface area contributed by atoms with Crippen LogP contribution in [0.5, 0.6) is 0 Å². The zero-order valence-electron chi connectivity index (χ0n) is 13.7. The molecule has 0 aliphatic carbocycles. The molecule has 0 aromatic carbocycles. The number of carbonyl (C=O) groups is 2. The summed E-state index contributed by atoms with van der Waals surface area (Å²) in [6, 6.07) is 1.92. The van der Waals surface area contributed by atoms with Crippen molar-refractivity contribution in [2.45, 2.75) is 26.7 Å². The maximum absolute atomic E-state index is 12.6. The lowest BCUT2D eigenvalue weighted by Crippen LogP contribution is -2.46. The highest BCUT2D eigenvalue weighted by atomic mass is 32.1. The third-order valence-corrected chi connectivity index (χ3v) is 5.02. The van der Waals surface area contributed by atoms with Crippen LogP contribution in [0.25, 0.3) is 11.5 Å². The Labute approximate surface area is 144 Å². The van der Waals surface area contributed by atoms with Crippen LogP contribution in [0.15, 0.2) is 21.2 Å². The van der Waals surface area contributed by atoms with Crippen LogP contribution < -0.4 is 0 Å². The van der Waals surface area contributed by atoms with Gasteiger partial charge in [-0.25, -0.2) is 4.98 Å². The minimum absolute atomic E-state index is 0.0962. The lowest BCUT2D eigenvalue weighted by atomic mass is 9.90. The third-order valence-electron chi connectivity index (χ3n) is 4.34. The highest BCUT2D eigenvalue weighted by Crippen LogP contribution is 2.26. The maximum Gasteiger partial charge on any atom is 0.308 e. The number of carboxylic acid groups (broad SMARTS) is 1. The Morgan fingerprint density at radius 2 is 2.25 bits per heavy atom. The summed E-state index contributed by atoms with van der Waals surface area (Å²) in [5, 5.41) is 13.1. The van der Waals surface area contributed by atoms with Crippen LogP contribution in [0.3, 0.4) is 0 Å². The second-order valence-corrected chi connectivity index (χ2v) is 7.17. The van der Waals surface area contributed by atoms with Crippen molar-refractivity contribution in [3.63, 3.8) is 0 Å². The molecule has 2 unspecified atom stereocenters. The van der Waals surface area contributed by atoms with Crippen LogP contribution in [0.2, 0.25) is 0 Å². The summed E-state index contributed by atoms with van der Waals surface area (Å²) < 4.78 is 5.66. The van der Waals surface area contributed by atoms with Crippen molar-refractivity contribution in [3.05, 3.63) is 28.3 Å². The average molecular weight is 348 g/mol. The van der Waals surface area contributed by atoms with Gasteiger partial charge in [0.15, 0.2) is 0 Å². The van der Waals surface area contributed by atoms with Gasteiger partial charge in [0.05, 0.1) is 18.0 Å². The van der Waals surface area contributed by atoms with Gasteiger partial charge in [0.2, 0.25) is 11.8 Å². The first-order valence-electron chi connectivity index (χ1n) is 7.93. The van der Waals surface area contributed by atoms with Gasteiger partial charge in [-0.2, -0.15) is 11.3 Å². The van der Waals surface area contributed by atoms with Gasteiger partial charge in [-0.05, 0) is 30.7 Å². The second kappa shape index (κ2) is 6.76. The summed E-state index contributed by atoms with van der Waals surface area (Å²) in [4.78, 5) is 29.9. The number of carbonyl (C=O) groups excluding carboxylic acids is 1. The number of aromatic nitrogens is 1. The number of nitrogens with zero attached hydrogens (tertiary/aromatic N) is 2. The molecule has 0 bridgehead atoms. The van der Waals surface area contributed by atoms with Gasteiger partial charge < -0.3 is 14.4 Å². The van der Waals surface area contributed by atoms with Crippen molar-refractivity contribution in [1.82, 2.24) is 9.88 Å². The van der Waals surface area contributed by atoms with E-state index in [0.717, 1.165) is 5.56 Å². The number of thiophene rings is 1. The molecule has 0 saturated carbocycles. The van der Waals surface area contributed by atoms with E-state index in [0.29, 0.717) is 30.3 Å². The van der Waals surface area contributed by atoms with Crippen molar-refractivity contribution in [2.24, 2.45) is 11.8 Å². The number of hydrogen-bond donors (Lipinski definition) is 1. The van der Waals surface area contributed by atoms with Crippen LogP contribution in [0.4, 0.5) is 0 Å². The van der Waals surface area contributed by atoms with E-state index in [4.69, 9.17) is 4.42 Å². The third kappa shape index (κ3) is 3.51. The van der Waals surface area contributed by atoms with Crippen LogP contribution in [0, 0.1) is 18.8 Å². The molecule has 1 saturated heterocycles. The van der Waals surface area contributed by atoms with Gasteiger partial charge in [0.25, 0.3) is 0 Å². The molecule has 24 heavy (non-hydrogen) atoms. The van der Waals surface area contributed by atoms with Gasteiger partial charge in [-0.15, -0.1) is 0 Å². The van der Waals surface area contributed by atoms with E-state index in [2.05, 4.69) is 4.98 Å². The van der Waals surface area contributed by atoms with E-state index in [1.807, 2.05) is 23.8 Å². The fraction of sp³-hybridized carbons (Fsp3) is 0.471. The van der Waals surface area contributed by atoms with Crippen molar-refractivity contribution in [1.29, 1.82) is 0 Å². The standard InChI is InChI=1S/C17H20N2O4S/c1-10-5-13(17(21)22)8-19(7-10)15(20)6-14-11(2)23-16(18-14)12-3-4-24-9-12/h3-4,9-10,13H,5-8H2,1-2H3,(H,21,22). The molecule has 1 N–H and O–H groups in total. The van der Waals surface area contributed by atoms with Crippen LogP contribution in [-0.4, -0.2) is 40.0 Å². The SMILES string of the molecule is Cc1oc(-c2ccsc2)nc1CC(=O)N1CC(C)CC(C(=O)O)C1. The van der Waals surface area contributed by atoms with E-state index < -0.39 is 11.9 Å². The first-order valence-corrected chi connectivity index (χ1v) is 8.87. The monoisotopic (exact) mass is 348 g/mol. The Hall–Kier alpha value is -2.15. The molecule has 2 aromatic heterocycles. The maximum atomic E-state index is 12.6. The Morgan fingerprint density at radius 3 is 2.92 bits per heavy atom. The first-order chi connectivity index (χ1) is 11.4. The van der Waals surface area contributed by atoms with Gasteiger partial charge in [-0.3, -0.25) is 9.59 Å². The Kier molecular flexibility index (Phi) is 4.71. The largest absolute Gasteiger partial charge is 0.481 e. The zero-order chi connectivity index (χ0) is 17.3. The Balaban J connectivity index is 1.71. The summed E-state index contributed by atoms with van der Waals surface area (Å²) >= 11 is 1.56. The fourth-order valence-corrected chi connectivity index (χ4v) is 3.72. The van der Waals surface area contributed by atoms with Gasteiger partial charge >= 0.3 is 5.97 Å². The predicted octanol–water partition coefficient (Wildman–Crippen LogP) is 2.82. The Morgan fingerprint density at radius 1 is 1.46 bits per heavy atom. The minimum Gasteiger partial charge on any atom is -0.481 e. The molecule has 3 rings (SSSR count). The number of oxazole rings is 1. The molecule has 128 valence electrons. The summed E-state index contributed by atoms with van der Waals surface area (Å²) in [5.41, 5.74) is 1.52. The predicted molar refractivity (Wildman–Crippen MR) is 89.7 cm³/mol. The number of aliphatic carboxylic acids is 1. The van der Waals surface area contributed by atoms with E-state index in [9.17, 15) is 14.7 Å². The topological polar surface area (TPSA) is 83.6 Å². The second-order valence-electron chi connectivity index (χ2n) is 6.39. The van der Waals surface area contributed by atoms with Crippen molar-refractivity contribution < 1.29 is 19.1 Å². The summed E-state index contributed by atoms with van der Waals surface area (Å²) in [6.45, 7) is 4.64. The molecule has 6 nitrogen and oxygen atoms in total. The number of hydrogen-bond acceptors (Lipinski definition) is 5. The average Bonchev–Trinajstić information content (AvgIpc) is 3.17. The van der Waals surface area contributed by atoms with Gasteiger partial charge in [-0.1, -0.05) is 6.92 Å². The molecule has 2 atom stereocenters. The molecule has 0 radical (unpaired) electrons. The highest BCUT2D eigenvalue weighted by Gasteiger charge is 2.32. The smallest absolute Gasteiger partial charge is 0.308 e. The van der Waals surface area contributed by atoms with Crippen molar-refractivity contribution in [3.8, 4) is 11.5 Å². The van der Waals surface area contributed by atoms with E-state index in [1.165, 1.54) is 0 Å². The van der Waals surface area contributed by atoms with Crippen molar-refractivity contribution in [2.75, 3.05) is 13.1 Å². The quantitative estimate of drug-likeness (QED) is 0.918. The summed E-state index contributed by atoms with van der Waals surface area (Å²) in [6.07, 6.45) is 0.753. The lowest BCUT2D eigenvalue weighted by molar-refractivity contribution is -0.146. The first kappa shape index (κ1) is 16.7. The lowest BCUT2D eigenvalue weighted by Gasteiger charge is -2.34. The number of piperidine rings is 1. The van der Waals surface area contributed by atoms with Crippen LogP contribution >= 0.6 is 11.3 Å². The molecule has 2 aromatic rings. The molecule has 1 aliphatic rings. The number of carboxylic acids is 1. The molecule has 1 aliphatic heterocycles. The van der Waals surface area contributed by atoms with Crippen LogP contribution in [0.1, 0.15) is 24.8 Å². The van der Waals surface area contributed by atoms with Gasteiger partial charge in [0, 0.05) is 24.0 Å². The normalized spacial score (nSPS) is 21.0. The molecule has 1 fully saturated rings. The zero-order valence-corrected chi connectivity index (χ0v) is 14.5. The summed E-state index contributed by atoms with van der Waals surface area (Å²) in [5.74, 6) is -0.0878. The molecule has 7 heteroatoms. The highest BCUT2D eigenvalue weighted by molar-refractivity contribution is 7.08. The molecule has 3 heterocycles. The van der Waals surface area contributed by atoms with E-state index in [-0.39, 0.29) is 24.8 Å². The molecule has 1 amide bonds. The molecule has 0 spiro atoms. The van der Waals surface area contributed by atoms with Crippen molar-refractivity contribution >= 4 is 23.2 Å². The minimum atomic E-state index is -0.836. The van der Waals surface area contributed by atoms with E-state index >= 15 is 0 Å². The van der Waals surface area contributed by atoms with E-state index in [1.54, 1.807) is 23.2 Å². The molecular formula is C17H20N2O4S. The fourth-order valence-electron chi connectivity index (χ4n) is 3.09. The molecular weight excluding hydrogens is 328 g/mol. The number of amides is 1. The summed E-state index contributed by atoms with van der Waals surface area (Å²) in [7, 11) is 0. The number of rotatable bonds is 4. The van der Waals surface area contributed by atoms with Crippen LogP contribution in [-0.2, 0) is 16.0 Å². The number of likely N-dealkylation sites (tertiary alicyclic amines) is 1. The number of aryl methyl sites for hydroxylation is 1. The Bertz CT molecular complexity index is 738. The van der Waals surface area contributed by atoms with Gasteiger partial charge in [0.1, 0.15) is 5.76 Å².